The molecule has 0 saturated heterocycles. The smallest absolute Gasteiger partial charge is 0.335 e. The molecule has 160 valence electrons. The first kappa shape index (κ1) is 22.0. The van der Waals surface area contributed by atoms with Crippen LogP contribution in [0.1, 0.15) is 76.7 Å². The van der Waals surface area contributed by atoms with Crippen molar-refractivity contribution >= 4 is 24.0 Å². The van der Waals surface area contributed by atoms with E-state index in [2.05, 4.69) is 58.6 Å². The molecule has 0 fully saturated rings. The van der Waals surface area contributed by atoms with Crippen LogP contribution >= 0.6 is 0 Å². The highest BCUT2D eigenvalue weighted by molar-refractivity contribution is 5.93. The number of hydrogen-bond acceptors (Lipinski definition) is 4. The molecule has 1 atom stereocenters. The average molecular weight is 408 g/mol. The number of hydrogen-bond donors (Lipinski definition) is 2. The van der Waals surface area contributed by atoms with Crippen molar-refractivity contribution in [1.29, 1.82) is 0 Å². The van der Waals surface area contributed by atoms with E-state index in [1.165, 1.54) is 5.57 Å². The Balaban J connectivity index is 1.89. The number of aliphatic imine (C=N–C) groups is 2. The van der Waals surface area contributed by atoms with Crippen molar-refractivity contribution in [1.82, 2.24) is 5.32 Å². The standard InChI is InChI=1S/C25H33N3O2/c1-15-19(17-8-10-18(11-9-17)23(29)30)14-20(27-15)16(2)28-22-21(26-7)24(3,4)12-13-25(22,5)6/h8-11,20,27H,7,12-14H2,1-6H3,(H,29,30). The van der Waals surface area contributed by atoms with Crippen LogP contribution in [0.2, 0.25) is 0 Å². The first-order valence-electron chi connectivity index (χ1n) is 10.5. The van der Waals surface area contributed by atoms with Crippen LogP contribution in [0.25, 0.3) is 5.57 Å². The SMILES string of the molecule is C=NC1=C(N=C(C)C2CC(c3ccc(C(=O)O)cc3)=C(C)N2)C(C)(C)CCC1(C)C. The van der Waals surface area contributed by atoms with Crippen LogP contribution in [0.4, 0.5) is 0 Å². The Morgan fingerprint density at radius 2 is 1.67 bits per heavy atom. The third kappa shape index (κ3) is 4.11. The molecule has 5 nitrogen and oxygen atoms in total. The van der Waals surface area contributed by atoms with Gasteiger partial charge in [0.2, 0.25) is 0 Å². The van der Waals surface area contributed by atoms with Gasteiger partial charge < -0.3 is 10.4 Å². The molecular formula is C25H33N3O2. The lowest BCUT2D eigenvalue weighted by Crippen LogP contribution is -2.33. The number of benzene rings is 1. The summed E-state index contributed by atoms with van der Waals surface area (Å²) in [5.74, 6) is -0.907. The summed E-state index contributed by atoms with van der Waals surface area (Å²) in [6.07, 6.45) is 2.97. The summed E-state index contributed by atoms with van der Waals surface area (Å²) in [6, 6.07) is 7.19. The van der Waals surface area contributed by atoms with Crippen molar-refractivity contribution in [2.24, 2.45) is 20.8 Å². The zero-order chi connectivity index (χ0) is 22.3. The lowest BCUT2D eigenvalue weighted by Gasteiger charge is -2.40. The van der Waals surface area contributed by atoms with E-state index in [4.69, 9.17) is 10.1 Å². The molecule has 1 aromatic rings. The van der Waals surface area contributed by atoms with Crippen LogP contribution in [-0.4, -0.2) is 29.5 Å². The molecule has 1 aromatic carbocycles. The monoisotopic (exact) mass is 407 g/mol. The van der Waals surface area contributed by atoms with Gasteiger partial charge in [-0.15, -0.1) is 0 Å². The van der Waals surface area contributed by atoms with E-state index in [0.717, 1.165) is 47.6 Å². The molecule has 1 unspecified atom stereocenters. The van der Waals surface area contributed by atoms with Gasteiger partial charge in [0.05, 0.1) is 23.0 Å². The fourth-order valence-electron chi connectivity index (χ4n) is 4.41. The maximum absolute atomic E-state index is 11.1. The summed E-state index contributed by atoms with van der Waals surface area (Å²) in [4.78, 5) is 20.6. The molecule has 1 heterocycles. The first-order valence-corrected chi connectivity index (χ1v) is 10.5. The highest BCUT2D eigenvalue weighted by Gasteiger charge is 2.40. The molecule has 2 N–H and O–H groups in total. The second-order valence-corrected chi connectivity index (χ2v) is 9.76. The van der Waals surface area contributed by atoms with Crippen LogP contribution in [0.5, 0.6) is 0 Å². The zero-order valence-corrected chi connectivity index (χ0v) is 19.0. The number of nitrogens with one attached hydrogen (secondary N) is 1. The van der Waals surface area contributed by atoms with E-state index in [9.17, 15) is 4.79 Å². The lowest BCUT2D eigenvalue weighted by molar-refractivity contribution is 0.0697. The fourth-order valence-corrected chi connectivity index (χ4v) is 4.41. The van der Waals surface area contributed by atoms with Gasteiger partial charge in [0.15, 0.2) is 0 Å². The van der Waals surface area contributed by atoms with Gasteiger partial charge in [0, 0.05) is 28.7 Å². The summed E-state index contributed by atoms with van der Waals surface area (Å²) in [7, 11) is 0. The van der Waals surface area contributed by atoms with Crippen molar-refractivity contribution < 1.29 is 9.90 Å². The van der Waals surface area contributed by atoms with Crippen LogP contribution in [0, 0.1) is 10.8 Å². The highest BCUT2D eigenvalue weighted by Crippen LogP contribution is 2.49. The van der Waals surface area contributed by atoms with Crippen LogP contribution < -0.4 is 5.32 Å². The minimum atomic E-state index is -0.907. The van der Waals surface area contributed by atoms with Gasteiger partial charge in [0.25, 0.3) is 0 Å². The van der Waals surface area contributed by atoms with Crippen molar-refractivity contribution in [2.45, 2.75) is 66.8 Å². The molecule has 0 spiro atoms. The van der Waals surface area contributed by atoms with Gasteiger partial charge in [-0.05, 0) is 56.7 Å². The summed E-state index contributed by atoms with van der Waals surface area (Å²) in [6.45, 7) is 16.9. The van der Waals surface area contributed by atoms with Crippen molar-refractivity contribution in [2.75, 3.05) is 0 Å². The van der Waals surface area contributed by atoms with Crippen molar-refractivity contribution in [3.8, 4) is 0 Å². The fraction of sp³-hybridized carbons (Fsp3) is 0.480. The Hall–Kier alpha value is -2.69. The maximum Gasteiger partial charge on any atom is 0.335 e. The Bertz CT molecular complexity index is 963. The second kappa shape index (κ2) is 7.86. The Labute approximate surface area is 179 Å². The number of rotatable bonds is 5. The molecule has 5 heteroatoms. The minimum Gasteiger partial charge on any atom is -0.478 e. The van der Waals surface area contributed by atoms with Gasteiger partial charge in [-0.3, -0.25) is 9.98 Å². The molecule has 3 rings (SSSR count). The molecule has 0 saturated carbocycles. The van der Waals surface area contributed by atoms with Crippen molar-refractivity contribution in [3.63, 3.8) is 0 Å². The number of carboxylic acid groups (broad SMARTS) is 1. The van der Waals surface area contributed by atoms with Crippen LogP contribution in [0.3, 0.4) is 0 Å². The topological polar surface area (TPSA) is 74.0 Å². The minimum absolute atomic E-state index is 0.0231. The van der Waals surface area contributed by atoms with E-state index < -0.39 is 5.97 Å². The molecule has 0 bridgehead atoms. The zero-order valence-electron chi connectivity index (χ0n) is 19.0. The number of allylic oxidation sites excluding steroid dienone is 3. The van der Waals surface area contributed by atoms with Gasteiger partial charge in [-0.2, -0.15) is 0 Å². The average Bonchev–Trinajstić information content (AvgIpc) is 3.07. The maximum atomic E-state index is 11.1. The summed E-state index contributed by atoms with van der Waals surface area (Å²) in [5.41, 5.74) is 6.68. The van der Waals surface area contributed by atoms with Crippen molar-refractivity contribution in [3.05, 3.63) is 52.5 Å². The number of carboxylic acids is 1. The van der Waals surface area contributed by atoms with E-state index in [1.54, 1.807) is 12.1 Å². The summed E-state index contributed by atoms with van der Waals surface area (Å²) >= 11 is 0. The first-order chi connectivity index (χ1) is 14.0. The van der Waals surface area contributed by atoms with E-state index >= 15 is 0 Å². The third-order valence-corrected chi connectivity index (χ3v) is 6.56. The Morgan fingerprint density at radius 1 is 1.10 bits per heavy atom. The molecule has 30 heavy (non-hydrogen) atoms. The third-order valence-electron chi connectivity index (χ3n) is 6.56. The number of aromatic carboxylic acids is 1. The lowest BCUT2D eigenvalue weighted by atomic mass is 9.68. The molecule has 0 radical (unpaired) electrons. The normalized spacial score (nSPS) is 23.4. The quantitative estimate of drug-likeness (QED) is 0.615. The molecule has 1 aliphatic heterocycles. The second-order valence-electron chi connectivity index (χ2n) is 9.76. The predicted molar refractivity (Wildman–Crippen MR) is 124 cm³/mol. The van der Waals surface area contributed by atoms with Gasteiger partial charge >= 0.3 is 5.97 Å². The number of carbonyl (C=O) groups is 1. The summed E-state index contributed by atoms with van der Waals surface area (Å²) < 4.78 is 0. The summed E-state index contributed by atoms with van der Waals surface area (Å²) in [5, 5.41) is 12.7. The largest absolute Gasteiger partial charge is 0.478 e. The van der Waals surface area contributed by atoms with Gasteiger partial charge in [-0.25, -0.2) is 4.79 Å². The predicted octanol–water partition coefficient (Wildman–Crippen LogP) is 5.70. The van der Waals surface area contributed by atoms with Crippen LogP contribution in [-0.2, 0) is 0 Å². The van der Waals surface area contributed by atoms with E-state index in [-0.39, 0.29) is 16.9 Å². The van der Waals surface area contributed by atoms with E-state index in [0.29, 0.717) is 5.56 Å². The molecule has 0 aromatic heterocycles. The highest BCUT2D eigenvalue weighted by atomic mass is 16.4. The Morgan fingerprint density at radius 3 is 2.20 bits per heavy atom. The molecule has 2 aliphatic rings. The molecular weight excluding hydrogens is 374 g/mol. The number of nitrogens with zero attached hydrogens (tertiary/aromatic N) is 2. The van der Waals surface area contributed by atoms with Crippen LogP contribution in [0.15, 0.2) is 51.3 Å². The van der Waals surface area contributed by atoms with E-state index in [1.807, 2.05) is 12.1 Å². The molecule has 1 aliphatic carbocycles. The van der Waals surface area contributed by atoms with Gasteiger partial charge in [0.1, 0.15) is 0 Å². The molecule has 0 amide bonds. The Kier molecular flexibility index (Phi) is 5.76. The van der Waals surface area contributed by atoms with Gasteiger partial charge in [-0.1, -0.05) is 39.8 Å².